The maximum absolute atomic E-state index is 11.9. The van der Waals surface area contributed by atoms with Crippen LogP contribution in [0.3, 0.4) is 0 Å². The largest absolute Gasteiger partial charge is 0.496 e. The highest BCUT2D eigenvalue weighted by Crippen LogP contribution is 2.34. The zero-order valence-electron chi connectivity index (χ0n) is 10.8. The van der Waals surface area contributed by atoms with E-state index in [0.717, 1.165) is 0 Å². The third-order valence-electron chi connectivity index (χ3n) is 3.23. The maximum atomic E-state index is 11.9. The quantitative estimate of drug-likeness (QED) is 0.638. The van der Waals surface area contributed by atoms with Crippen LogP contribution in [-0.4, -0.2) is 24.0 Å². The van der Waals surface area contributed by atoms with Crippen LogP contribution in [0.2, 0.25) is 0 Å². The van der Waals surface area contributed by atoms with Crippen LogP contribution in [0, 0.1) is 27.4 Å². The number of ether oxygens (including phenoxy) is 1. The number of amides is 1. The molecule has 1 amide bonds. The number of hydrogen-bond acceptors (Lipinski definition) is 5. The van der Waals surface area contributed by atoms with E-state index < -0.39 is 28.8 Å². The molecule has 0 bridgehead atoms. The van der Waals surface area contributed by atoms with Gasteiger partial charge in [0.15, 0.2) is 0 Å². The Labute approximate surface area is 115 Å². The summed E-state index contributed by atoms with van der Waals surface area (Å²) < 4.78 is 5.13. The van der Waals surface area contributed by atoms with E-state index in [1.54, 1.807) is 24.3 Å². The first-order valence-electron chi connectivity index (χ1n) is 6.05. The Kier molecular flexibility index (Phi) is 3.84. The summed E-state index contributed by atoms with van der Waals surface area (Å²) in [4.78, 5) is 21.9. The molecule has 1 aliphatic carbocycles. The normalized spacial score (nSPS) is 21.4. The molecule has 3 atom stereocenters. The van der Waals surface area contributed by atoms with Gasteiger partial charge in [0, 0.05) is 16.9 Å². The van der Waals surface area contributed by atoms with Gasteiger partial charge in [0.25, 0.3) is 0 Å². The molecule has 2 rings (SSSR count). The van der Waals surface area contributed by atoms with E-state index in [1.807, 2.05) is 6.07 Å². The minimum absolute atomic E-state index is 0.225. The lowest BCUT2D eigenvalue weighted by Gasteiger charge is -2.14. The van der Waals surface area contributed by atoms with Crippen molar-refractivity contribution in [3.8, 4) is 11.8 Å². The molecule has 7 heteroatoms. The second-order valence-electron chi connectivity index (χ2n) is 4.51. The number of rotatable bonds is 5. The van der Waals surface area contributed by atoms with Crippen molar-refractivity contribution in [2.45, 2.75) is 18.5 Å². The minimum Gasteiger partial charge on any atom is -0.496 e. The maximum Gasteiger partial charge on any atom is 0.231 e. The highest BCUT2D eigenvalue weighted by molar-refractivity contribution is 5.82. The number of nitriles is 1. The lowest BCUT2D eigenvalue weighted by Crippen LogP contribution is -2.30. The fraction of sp³-hybridized carbons (Fsp3) is 0.385. The van der Waals surface area contributed by atoms with Crippen molar-refractivity contribution in [3.05, 3.63) is 39.9 Å². The van der Waals surface area contributed by atoms with Crippen molar-refractivity contribution in [1.82, 2.24) is 5.32 Å². The van der Waals surface area contributed by atoms with Gasteiger partial charge in [-0.05, 0) is 6.07 Å². The van der Waals surface area contributed by atoms with E-state index in [0.29, 0.717) is 11.3 Å². The number of hydrogen-bond donors (Lipinski definition) is 1. The van der Waals surface area contributed by atoms with E-state index in [9.17, 15) is 20.2 Å². The first-order valence-corrected chi connectivity index (χ1v) is 6.05. The Balaban J connectivity index is 2.09. The predicted octanol–water partition coefficient (Wildman–Crippen LogP) is 1.04. The van der Waals surface area contributed by atoms with Gasteiger partial charge >= 0.3 is 0 Å². The number of carbonyl (C=O) groups is 1. The SMILES string of the molecule is COc1ccccc1[C@H](C#N)NC(=O)[C@H]1C[C@@H]1[N+](=O)[O-]. The molecule has 1 fully saturated rings. The van der Waals surface area contributed by atoms with E-state index in [1.165, 1.54) is 7.11 Å². The van der Waals surface area contributed by atoms with Gasteiger partial charge in [-0.1, -0.05) is 18.2 Å². The van der Waals surface area contributed by atoms with Gasteiger partial charge in [-0.15, -0.1) is 0 Å². The Bertz CT molecular complexity index is 581. The zero-order chi connectivity index (χ0) is 14.7. The van der Waals surface area contributed by atoms with Crippen molar-refractivity contribution in [3.63, 3.8) is 0 Å². The van der Waals surface area contributed by atoms with Crippen LogP contribution >= 0.6 is 0 Å². The molecule has 7 nitrogen and oxygen atoms in total. The van der Waals surface area contributed by atoms with Crippen LogP contribution in [0.1, 0.15) is 18.0 Å². The predicted molar refractivity (Wildman–Crippen MR) is 68.4 cm³/mol. The Morgan fingerprint density at radius 2 is 2.30 bits per heavy atom. The van der Waals surface area contributed by atoms with E-state index in [4.69, 9.17) is 4.74 Å². The Hall–Kier alpha value is -2.62. The van der Waals surface area contributed by atoms with Crippen LogP contribution in [0.5, 0.6) is 5.75 Å². The molecule has 1 saturated carbocycles. The van der Waals surface area contributed by atoms with Crippen molar-refractivity contribution >= 4 is 5.91 Å². The summed E-state index contributed by atoms with van der Waals surface area (Å²) in [5, 5.41) is 22.2. The average Bonchev–Trinajstić information content (AvgIpc) is 3.25. The van der Waals surface area contributed by atoms with Crippen molar-refractivity contribution < 1.29 is 14.5 Å². The molecule has 0 aromatic heterocycles. The number of carbonyl (C=O) groups excluding carboxylic acids is 1. The van der Waals surface area contributed by atoms with Gasteiger partial charge in [-0.3, -0.25) is 14.9 Å². The Morgan fingerprint density at radius 3 is 2.85 bits per heavy atom. The zero-order valence-corrected chi connectivity index (χ0v) is 10.8. The van der Waals surface area contributed by atoms with Gasteiger partial charge in [0.05, 0.1) is 13.2 Å². The molecule has 1 aromatic carbocycles. The highest BCUT2D eigenvalue weighted by atomic mass is 16.6. The number of benzene rings is 1. The third kappa shape index (κ3) is 2.69. The van der Waals surface area contributed by atoms with Crippen LogP contribution in [0.15, 0.2) is 24.3 Å². The fourth-order valence-corrected chi connectivity index (χ4v) is 2.03. The summed E-state index contributed by atoms with van der Waals surface area (Å²) in [5.41, 5.74) is 0.532. The van der Waals surface area contributed by atoms with E-state index in [2.05, 4.69) is 5.32 Å². The van der Waals surface area contributed by atoms with Crippen molar-refractivity contribution in [2.75, 3.05) is 7.11 Å². The lowest BCUT2D eigenvalue weighted by atomic mass is 10.1. The van der Waals surface area contributed by atoms with Gasteiger partial charge in [0.1, 0.15) is 17.7 Å². The van der Waals surface area contributed by atoms with Gasteiger partial charge in [-0.2, -0.15) is 5.26 Å². The molecule has 1 aliphatic rings. The second-order valence-corrected chi connectivity index (χ2v) is 4.51. The summed E-state index contributed by atoms with van der Waals surface area (Å²) in [6.45, 7) is 0. The average molecular weight is 275 g/mol. The molecule has 0 heterocycles. The molecule has 0 radical (unpaired) electrons. The first-order chi connectivity index (χ1) is 9.58. The third-order valence-corrected chi connectivity index (χ3v) is 3.23. The van der Waals surface area contributed by atoms with Crippen molar-refractivity contribution in [2.24, 2.45) is 5.92 Å². The molecule has 20 heavy (non-hydrogen) atoms. The molecular formula is C13H13N3O4. The second kappa shape index (κ2) is 5.57. The highest BCUT2D eigenvalue weighted by Gasteiger charge is 2.53. The number of nitrogens with zero attached hydrogens (tertiary/aromatic N) is 2. The van der Waals surface area contributed by atoms with Crippen LogP contribution in [-0.2, 0) is 4.79 Å². The smallest absolute Gasteiger partial charge is 0.231 e. The Morgan fingerprint density at radius 1 is 1.60 bits per heavy atom. The standard InChI is InChI=1S/C13H13N3O4/c1-20-12-5-3-2-4-8(12)10(7-14)15-13(17)9-6-11(9)16(18)19/h2-5,9-11H,6H2,1H3,(H,15,17)/t9-,10-,11-/m0/s1. The number of para-hydroxylation sites is 1. The minimum atomic E-state index is -0.883. The first kappa shape index (κ1) is 13.8. The van der Waals surface area contributed by atoms with Gasteiger partial charge < -0.3 is 10.1 Å². The number of nitro groups is 1. The molecule has 0 spiro atoms. The summed E-state index contributed by atoms with van der Waals surface area (Å²) >= 11 is 0. The lowest BCUT2D eigenvalue weighted by molar-refractivity contribution is -0.497. The number of methoxy groups -OCH3 is 1. The summed E-state index contributed by atoms with van der Waals surface area (Å²) in [5.74, 6) is -0.624. The molecule has 0 unspecified atom stereocenters. The molecule has 0 aliphatic heterocycles. The molecule has 1 N–H and O–H groups in total. The van der Waals surface area contributed by atoms with Crippen LogP contribution in [0.25, 0.3) is 0 Å². The summed E-state index contributed by atoms with van der Waals surface area (Å²) in [6.07, 6.45) is 0.225. The fourth-order valence-electron chi connectivity index (χ4n) is 2.03. The summed E-state index contributed by atoms with van der Waals surface area (Å²) in [7, 11) is 1.47. The van der Waals surface area contributed by atoms with Crippen LogP contribution in [0.4, 0.5) is 0 Å². The van der Waals surface area contributed by atoms with Gasteiger partial charge in [-0.25, -0.2) is 0 Å². The molecule has 0 saturated heterocycles. The van der Waals surface area contributed by atoms with Crippen LogP contribution < -0.4 is 10.1 Å². The van der Waals surface area contributed by atoms with E-state index in [-0.39, 0.29) is 6.42 Å². The monoisotopic (exact) mass is 275 g/mol. The molecule has 1 aromatic rings. The molecule has 104 valence electrons. The summed E-state index contributed by atoms with van der Waals surface area (Å²) in [6, 6.07) is 7.09. The topological polar surface area (TPSA) is 105 Å². The van der Waals surface area contributed by atoms with E-state index >= 15 is 0 Å². The number of nitrogens with one attached hydrogen (secondary N) is 1. The molecular weight excluding hydrogens is 262 g/mol. The van der Waals surface area contributed by atoms with Crippen molar-refractivity contribution in [1.29, 1.82) is 5.26 Å². The van der Waals surface area contributed by atoms with Gasteiger partial charge in [0.2, 0.25) is 11.9 Å².